The largest absolute Gasteiger partial charge is 0.493 e. The standard InChI is InChI=1S/C20H25NO3S/c1-5-18-13(2)11-19(25-18)20(22)21-10-6-7-15(21)14-8-9-16(23-3)17(12-14)24-4/h8-9,11-12,15H,5-7,10H2,1-4H3. The van der Waals surface area contributed by atoms with E-state index in [4.69, 9.17) is 9.47 Å². The molecule has 3 rings (SSSR count). The average molecular weight is 359 g/mol. The van der Waals surface area contributed by atoms with Gasteiger partial charge >= 0.3 is 0 Å². The third-order valence-electron chi connectivity index (χ3n) is 4.86. The van der Waals surface area contributed by atoms with Crippen molar-refractivity contribution in [3.63, 3.8) is 0 Å². The number of amides is 1. The molecular formula is C20H25NO3S. The van der Waals surface area contributed by atoms with Crippen LogP contribution in [0.5, 0.6) is 11.5 Å². The Balaban J connectivity index is 1.88. The first kappa shape index (κ1) is 17.8. The van der Waals surface area contributed by atoms with E-state index in [1.807, 2.05) is 29.2 Å². The number of likely N-dealkylation sites (tertiary alicyclic amines) is 1. The Morgan fingerprint density at radius 2 is 2.00 bits per heavy atom. The molecule has 1 aliphatic heterocycles. The second-order valence-corrected chi connectivity index (χ2v) is 7.48. The van der Waals surface area contributed by atoms with Gasteiger partial charge in [0.05, 0.1) is 25.1 Å². The number of ether oxygens (including phenoxy) is 2. The molecule has 0 aliphatic carbocycles. The van der Waals surface area contributed by atoms with E-state index in [0.717, 1.165) is 36.2 Å². The minimum atomic E-state index is 0.0970. The molecule has 2 aromatic rings. The minimum Gasteiger partial charge on any atom is -0.493 e. The van der Waals surface area contributed by atoms with Crippen LogP contribution in [0.4, 0.5) is 0 Å². The number of methoxy groups -OCH3 is 2. The second-order valence-electron chi connectivity index (χ2n) is 6.34. The van der Waals surface area contributed by atoms with Gasteiger partial charge in [-0.1, -0.05) is 13.0 Å². The van der Waals surface area contributed by atoms with E-state index >= 15 is 0 Å². The number of nitrogens with zero attached hydrogens (tertiary/aromatic N) is 1. The summed E-state index contributed by atoms with van der Waals surface area (Å²) in [4.78, 5) is 17.2. The predicted octanol–water partition coefficient (Wildman–Crippen LogP) is 4.61. The van der Waals surface area contributed by atoms with Crippen molar-refractivity contribution < 1.29 is 14.3 Å². The molecule has 2 heterocycles. The molecule has 1 atom stereocenters. The van der Waals surface area contributed by atoms with Gasteiger partial charge in [-0.2, -0.15) is 0 Å². The summed E-state index contributed by atoms with van der Waals surface area (Å²) in [5.74, 6) is 1.56. The molecule has 1 aromatic carbocycles. The summed E-state index contributed by atoms with van der Waals surface area (Å²) < 4.78 is 10.7. The molecule has 0 radical (unpaired) electrons. The maximum atomic E-state index is 13.1. The second kappa shape index (κ2) is 7.48. The van der Waals surface area contributed by atoms with Gasteiger partial charge in [-0.15, -0.1) is 11.3 Å². The highest BCUT2D eigenvalue weighted by molar-refractivity contribution is 7.14. The molecule has 0 spiro atoms. The van der Waals surface area contributed by atoms with E-state index in [1.165, 1.54) is 10.4 Å². The maximum Gasteiger partial charge on any atom is 0.264 e. The molecule has 0 bridgehead atoms. The highest BCUT2D eigenvalue weighted by Gasteiger charge is 2.32. The van der Waals surface area contributed by atoms with Gasteiger partial charge in [0.2, 0.25) is 0 Å². The van der Waals surface area contributed by atoms with E-state index < -0.39 is 0 Å². The summed E-state index contributed by atoms with van der Waals surface area (Å²) in [5.41, 5.74) is 2.32. The Bertz CT molecular complexity index is 768. The van der Waals surface area contributed by atoms with Crippen LogP contribution in [0, 0.1) is 6.92 Å². The van der Waals surface area contributed by atoms with Crippen LogP contribution in [0.3, 0.4) is 0 Å². The highest BCUT2D eigenvalue weighted by Crippen LogP contribution is 2.38. The molecule has 0 N–H and O–H groups in total. The molecule has 1 aromatic heterocycles. The number of carbonyl (C=O) groups excluding carboxylic acids is 1. The summed E-state index contributed by atoms with van der Waals surface area (Å²) in [6.45, 7) is 5.02. The third-order valence-corrected chi connectivity index (χ3v) is 6.23. The van der Waals surface area contributed by atoms with Crippen molar-refractivity contribution >= 4 is 17.2 Å². The number of hydrogen-bond donors (Lipinski definition) is 0. The van der Waals surface area contributed by atoms with Gasteiger partial charge in [0.1, 0.15) is 0 Å². The van der Waals surface area contributed by atoms with Crippen molar-refractivity contribution in [2.75, 3.05) is 20.8 Å². The molecule has 1 amide bonds. The highest BCUT2D eigenvalue weighted by atomic mass is 32.1. The predicted molar refractivity (Wildman–Crippen MR) is 101 cm³/mol. The quantitative estimate of drug-likeness (QED) is 0.782. The van der Waals surface area contributed by atoms with Gasteiger partial charge in [-0.25, -0.2) is 0 Å². The first-order valence-corrected chi connectivity index (χ1v) is 9.52. The smallest absolute Gasteiger partial charge is 0.264 e. The van der Waals surface area contributed by atoms with E-state index in [2.05, 4.69) is 13.8 Å². The number of hydrogen-bond acceptors (Lipinski definition) is 4. The summed E-state index contributed by atoms with van der Waals surface area (Å²) in [6, 6.07) is 8.08. The van der Waals surface area contributed by atoms with Gasteiger partial charge < -0.3 is 14.4 Å². The molecule has 134 valence electrons. The SMILES string of the molecule is CCc1sc(C(=O)N2CCCC2c2ccc(OC)c(OC)c2)cc1C. The number of aryl methyl sites for hydroxylation is 2. The van der Waals surface area contributed by atoms with Crippen LogP contribution in [0.1, 0.15) is 51.5 Å². The fourth-order valence-electron chi connectivity index (χ4n) is 3.53. The normalized spacial score (nSPS) is 17.0. The van der Waals surface area contributed by atoms with E-state index in [-0.39, 0.29) is 11.9 Å². The lowest BCUT2D eigenvalue weighted by atomic mass is 10.0. The Labute approximate surface area is 153 Å². The minimum absolute atomic E-state index is 0.0970. The number of benzene rings is 1. The van der Waals surface area contributed by atoms with Crippen LogP contribution in [0.2, 0.25) is 0 Å². The van der Waals surface area contributed by atoms with Crippen molar-refractivity contribution in [3.8, 4) is 11.5 Å². The van der Waals surface area contributed by atoms with Gasteiger partial charge in [0.25, 0.3) is 5.91 Å². The van der Waals surface area contributed by atoms with Crippen LogP contribution >= 0.6 is 11.3 Å². The fraction of sp³-hybridized carbons (Fsp3) is 0.450. The van der Waals surface area contributed by atoms with Crippen LogP contribution < -0.4 is 9.47 Å². The molecule has 1 unspecified atom stereocenters. The summed E-state index contributed by atoms with van der Waals surface area (Å²) in [5, 5.41) is 0. The summed E-state index contributed by atoms with van der Waals surface area (Å²) in [7, 11) is 3.27. The zero-order valence-corrected chi connectivity index (χ0v) is 16.1. The van der Waals surface area contributed by atoms with E-state index in [9.17, 15) is 4.79 Å². The molecule has 25 heavy (non-hydrogen) atoms. The van der Waals surface area contributed by atoms with Crippen molar-refractivity contribution in [3.05, 3.63) is 45.1 Å². The molecule has 1 saturated heterocycles. The van der Waals surface area contributed by atoms with Gasteiger partial charge in [-0.3, -0.25) is 4.79 Å². The van der Waals surface area contributed by atoms with E-state index in [1.54, 1.807) is 25.6 Å². The number of rotatable bonds is 5. The van der Waals surface area contributed by atoms with Crippen molar-refractivity contribution in [2.45, 2.75) is 39.2 Å². The van der Waals surface area contributed by atoms with Gasteiger partial charge in [0.15, 0.2) is 11.5 Å². The monoisotopic (exact) mass is 359 g/mol. The molecule has 1 aliphatic rings. The third kappa shape index (κ3) is 3.38. The average Bonchev–Trinajstić information content (AvgIpc) is 3.27. The van der Waals surface area contributed by atoms with Crippen LogP contribution in [-0.4, -0.2) is 31.6 Å². The van der Waals surface area contributed by atoms with Crippen molar-refractivity contribution in [2.24, 2.45) is 0 Å². The van der Waals surface area contributed by atoms with Crippen molar-refractivity contribution in [1.82, 2.24) is 4.90 Å². The lowest BCUT2D eigenvalue weighted by molar-refractivity contribution is 0.0740. The van der Waals surface area contributed by atoms with E-state index in [0.29, 0.717) is 11.5 Å². The zero-order valence-electron chi connectivity index (χ0n) is 15.3. The Morgan fingerprint density at radius 3 is 2.64 bits per heavy atom. The lowest BCUT2D eigenvalue weighted by Gasteiger charge is -2.25. The molecular weight excluding hydrogens is 334 g/mol. The summed E-state index contributed by atoms with van der Waals surface area (Å²) >= 11 is 1.63. The number of carbonyl (C=O) groups is 1. The van der Waals surface area contributed by atoms with Gasteiger partial charge in [0, 0.05) is 11.4 Å². The molecule has 4 nitrogen and oxygen atoms in total. The maximum absolute atomic E-state index is 13.1. The van der Waals surface area contributed by atoms with Crippen LogP contribution in [-0.2, 0) is 6.42 Å². The Hall–Kier alpha value is -2.01. The summed E-state index contributed by atoms with van der Waals surface area (Å²) in [6.07, 6.45) is 2.98. The molecule has 5 heteroatoms. The Kier molecular flexibility index (Phi) is 5.33. The molecule has 0 saturated carbocycles. The van der Waals surface area contributed by atoms with Crippen LogP contribution in [0.25, 0.3) is 0 Å². The Morgan fingerprint density at radius 1 is 1.24 bits per heavy atom. The number of thiophene rings is 1. The van der Waals surface area contributed by atoms with Crippen molar-refractivity contribution in [1.29, 1.82) is 0 Å². The first-order valence-electron chi connectivity index (χ1n) is 8.71. The molecule has 1 fully saturated rings. The van der Waals surface area contributed by atoms with Crippen LogP contribution in [0.15, 0.2) is 24.3 Å². The fourth-order valence-corrected chi connectivity index (χ4v) is 4.60. The van der Waals surface area contributed by atoms with Gasteiger partial charge in [-0.05, 0) is 55.5 Å². The lowest BCUT2D eigenvalue weighted by Crippen LogP contribution is -2.30. The first-order chi connectivity index (χ1) is 12.1. The topological polar surface area (TPSA) is 38.8 Å². The zero-order chi connectivity index (χ0) is 18.0.